The molecule has 0 spiro atoms. The van der Waals surface area contributed by atoms with Crippen molar-refractivity contribution in [3.05, 3.63) is 35.8 Å². The van der Waals surface area contributed by atoms with E-state index in [-0.39, 0.29) is 11.4 Å². The number of nitrogens with zero attached hydrogens (tertiary/aromatic N) is 3. The van der Waals surface area contributed by atoms with Crippen LogP contribution in [0.2, 0.25) is 0 Å². The summed E-state index contributed by atoms with van der Waals surface area (Å²) in [5.41, 5.74) is 0.955. The molecule has 0 amide bonds. The van der Waals surface area contributed by atoms with E-state index in [1.54, 1.807) is 30.9 Å². The molecule has 1 aliphatic rings. The van der Waals surface area contributed by atoms with Gasteiger partial charge in [-0.2, -0.15) is 0 Å². The van der Waals surface area contributed by atoms with Crippen molar-refractivity contribution in [2.75, 3.05) is 18.1 Å². The average Bonchev–Trinajstić information content (AvgIpc) is 2.45. The fraction of sp³-hybridized carbons (Fsp3) is 0.333. The minimum absolute atomic E-state index is 0.262. The maximum atomic E-state index is 12.7. The number of halogens is 3. The van der Waals surface area contributed by atoms with Crippen LogP contribution in [0.15, 0.2) is 24.4 Å². The summed E-state index contributed by atoms with van der Waals surface area (Å²) in [6, 6.07) is 4.66. The second-order valence-electron chi connectivity index (χ2n) is 5.12. The number of benzene rings is 1. The molecule has 0 fully saturated rings. The Bertz CT molecular complexity index is 734. The topological polar surface area (TPSA) is 47.5 Å². The molecule has 2 heterocycles. The second kappa shape index (κ2) is 5.60. The number of alkyl halides is 3. The van der Waals surface area contributed by atoms with Crippen molar-refractivity contribution in [3.63, 3.8) is 0 Å². The van der Waals surface area contributed by atoms with Crippen molar-refractivity contribution in [2.24, 2.45) is 0 Å². The van der Waals surface area contributed by atoms with Crippen molar-refractivity contribution >= 4 is 11.5 Å². The molecule has 0 saturated carbocycles. The third-order valence-corrected chi connectivity index (χ3v) is 3.32. The lowest BCUT2D eigenvalue weighted by Gasteiger charge is -2.31. The number of aromatic nitrogens is 2. The van der Waals surface area contributed by atoms with Crippen LogP contribution in [0.4, 0.5) is 24.7 Å². The van der Waals surface area contributed by atoms with Gasteiger partial charge in [-0.3, -0.25) is 0 Å². The predicted molar refractivity (Wildman–Crippen MR) is 77.1 cm³/mol. The smallest absolute Gasteiger partial charge is 0.486 e. The Hall–Kier alpha value is -2.51. The average molecular weight is 325 g/mol. The van der Waals surface area contributed by atoms with Gasteiger partial charge >= 0.3 is 6.36 Å². The first-order valence-corrected chi connectivity index (χ1v) is 6.94. The summed E-state index contributed by atoms with van der Waals surface area (Å²) in [6.07, 6.45) is -3.25. The van der Waals surface area contributed by atoms with Crippen molar-refractivity contribution < 1.29 is 22.6 Å². The lowest BCUT2D eigenvalue weighted by Crippen LogP contribution is -2.31. The Labute approximate surface area is 130 Å². The summed E-state index contributed by atoms with van der Waals surface area (Å²) in [6.45, 7) is 4.08. The van der Waals surface area contributed by atoms with Crippen molar-refractivity contribution in [1.82, 2.24) is 9.97 Å². The van der Waals surface area contributed by atoms with Crippen LogP contribution in [0.25, 0.3) is 0 Å². The third kappa shape index (κ3) is 3.30. The van der Waals surface area contributed by atoms with Gasteiger partial charge in [0.05, 0.1) is 18.4 Å². The van der Waals surface area contributed by atoms with E-state index in [2.05, 4.69) is 14.7 Å². The molecule has 1 aliphatic heterocycles. The summed E-state index contributed by atoms with van der Waals surface area (Å²) >= 11 is 0. The summed E-state index contributed by atoms with van der Waals surface area (Å²) in [4.78, 5) is 9.97. The molecule has 8 heteroatoms. The largest absolute Gasteiger partial charge is 0.573 e. The highest BCUT2D eigenvalue weighted by molar-refractivity contribution is 5.71. The van der Waals surface area contributed by atoms with Crippen LogP contribution >= 0.6 is 0 Å². The van der Waals surface area contributed by atoms with Gasteiger partial charge < -0.3 is 14.4 Å². The monoisotopic (exact) mass is 325 g/mol. The van der Waals surface area contributed by atoms with E-state index in [4.69, 9.17) is 4.74 Å². The van der Waals surface area contributed by atoms with E-state index in [0.717, 1.165) is 0 Å². The van der Waals surface area contributed by atoms with E-state index in [9.17, 15) is 13.2 Å². The van der Waals surface area contributed by atoms with E-state index in [0.29, 0.717) is 36.1 Å². The van der Waals surface area contributed by atoms with Crippen LogP contribution in [-0.2, 0) is 0 Å². The molecule has 122 valence electrons. The standard InChI is InChI=1S/C15H14F3N3O2/c1-9-3-4-11(12(7-9)23-15(16,17)18)21-5-6-22-13-8-19-10(2)20-14(13)21/h3-4,7-8H,5-6H2,1-2H3. The number of fused-ring (bicyclic) bond motifs is 1. The fourth-order valence-electron chi connectivity index (χ4n) is 2.38. The summed E-state index contributed by atoms with van der Waals surface area (Å²) in [5.74, 6) is 1.10. The number of hydrogen-bond acceptors (Lipinski definition) is 5. The van der Waals surface area contributed by atoms with Crippen molar-refractivity contribution in [1.29, 1.82) is 0 Å². The Kier molecular flexibility index (Phi) is 3.75. The Morgan fingerprint density at radius 1 is 1.26 bits per heavy atom. The molecular formula is C15H14F3N3O2. The highest BCUT2D eigenvalue weighted by atomic mass is 19.4. The molecule has 0 atom stereocenters. The van der Waals surface area contributed by atoms with Gasteiger partial charge in [0, 0.05) is 0 Å². The number of ether oxygens (including phenoxy) is 2. The van der Waals surface area contributed by atoms with Gasteiger partial charge in [-0.15, -0.1) is 13.2 Å². The van der Waals surface area contributed by atoms with Gasteiger partial charge in [0.2, 0.25) is 0 Å². The molecule has 0 bridgehead atoms. The van der Waals surface area contributed by atoms with Gasteiger partial charge in [0.1, 0.15) is 12.4 Å². The molecule has 0 aliphatic carbocycles. The molecule has 0 saturated heterocycles. The molecular weight excluding hydrogens is 311 g/mol. The molecule has 5 nitrogen and oxygen atoms in total. The zero-order chi connectivity index (χ0) is 16.6. The van der Waals surface area contributed by atoms with Crippen LogP contribution in [0, 0.1) is 13.8 Å². The Balaban J connectivity index is 2.08. The van der Waals surface area contributed by atoms with Crippen LogP contribution in [0.5, 0.6) is 11.5 Å². The van der Waals surface area contributed by atoms with Gasteiger partial charge in [-0.25, -0.2) is 9.97 Å². The molecule has 0 unspecified atom stereocenters. The number of rotatable bonds is 2. The highest BCUT2D eigenvalue weighted by Gasteiger charge is 2.34. The lowest BCUT2D eigenvalue weighted by atomic mass is 10.2. The SMILES string of the molecule is Cc1ccc(N2CCOc3cnc(C)nc32)c(OC(F)(F)F)c1. The number of hydrogen-bond donors (Lipinski definition) is 0. The highest BCUT2D eigenvalue weighted by Crippen LogP contribution is 2.41. The normalized spacial score (nSPS) is 14.2. The van der Waals surface area contributed by atoms with E-state index in [1.807, 2.05) is 0 Å². The van der Waals surface area contributed by atoms with Crippen molar-refractivity contribution in [2.45, 2.75) is 20.2 Å². The van der Waals surface area contributed by atoms with Crippen molar-refractivity contribution in [3.8, 4) is 11.5 Å². The molecule has 0 N–H and O–H groups in total. The third-order valence-electron chi connectivity index (χ3n) is 3.32. The van der Waals surface area contributed by atoms with E-state index in [1.165, 1.54) is 12.3 Å². The van der Waals surface area contributed by atoms with Gasteiger partial charge in [0.15, 0.2) is 17.3 Å². The van der Waals surface area contributed by atoms with Crippen LogP contribution in [0.3, 0.4) is 0 Å². The van der Waals surface area contributed by atoms with E-state index < -0.39 is 6.36 Å². The number of aryl methyl sites for hydroxylation is 2. The Morgan fingerprint density at radius 3 is 2.78 bits per heavy atom. The molecule has 2 aromatic rings. The molecule has 1 aromatic heterocycles. The van der Waals surface area contributed by atoms with E-state index >= 15 is 0 Å². The van der Waals surface area contributed by atoms with Gasteiger partial charge in [0.25, 0.3) is 0 Å². The zero-order valence-electron chi connectivity index (χ0n) is 12.5. The first-order chi connectivity index (χ1) is 10.8. The first kappa shape index (κ1) is 15.4. The van der Waals surface area contributed by atoms with Gasteiger partial charge in [-0.05, 0) is 31.5 Å². The van der Waals surface area contributed by atoms with Crippen LogP contribution in [0.1, 0.15) is 11.4 Å². The second-order valence-corrected chi connectivity index (χ2v) is 5.12. The summed E-state index contributed by atoms with van der Waals surface area (Å²) in [5, 5.41) is 0. The lowest BCUT2D eigenvalue weighted by molar-refractivity contribution is -0.274. The number of anilines is 2. The predicted octanol–water partition coefficient (Wildman–Crippen LogP) is 3.52. The maximum absolute atomic E-state index is 12.7. The Morgan fingerprint density at radius 2 is 2.04 bits per heavy atom. The molecule has 23 heavy (non-hydrogen) atoms. The summed E-state index contributed by atoms with van der Waals surface area (Å²) < 4.78 is 47.7. The van der Waals surface area contributed by atoms with Gasteiger partial charge in [-0.1, -0.05) is 6.07 Å². The minimum Gasteiger partial charge on any atom is -0.486 e. The summed E-state index contributed by atoms with van der Waals surface area (Å²) in [7, 11) is 0. The molecule has 3 rings (SSSR count). The quantitative estimate of drug-likeness (QED) is 0.845. The van der Waals surface area contributed by atoms with Crippen LogP contribution < -0.4 is 14.4 Å². The maximum Gasteiger partial charge on any atom is 0.573 e. The fourth-order valence-corrected chi connectivity index (χ4v) is 2.38. The molecule has 1 aromatic carbocycles. The minimum atomic E-state index is -4.76. The first-order valence-electron chi connectivity index (χ1n) is 6.94. The van der Waals surface area contributed by atoms with Crippen LogP contribution in [-0.4, -0.2) is 29.5 Å². The zero-order valence-corrected chi connectivity index (χ0v) is 12.5. The molecule has 0 radical (unpaired) electrons.